The van der Waals surface area contributed by atoms with Gasteiger partial charge in [-0.1, -0.05) is 0 Å². The van der Waals surface area contributed by atoms with Crippen molar-refractivity contribution < 1.29 is 24.2 Å². The van der Waals surface area contributed by atoms with Crippen molar-refractivity contribution in [1.29, 1.82) is 0 Å². The average Bonchev–Trinajstić information content (AvgIpc) is 2.68. The van der Waals surface area contributed by atoms with Crippen LogP contribution in [0.1, 0.15) is 94.1 Å². The summed E-state index contributed by atoms with van der Waals surface area (Å²) in [4.78, 5) is 34.4. The molecule has 5 heteroatoms. The largest absolute Gasteiger partial charge is 0.478 e. The molecule has 180 valence electrons. The molecule has 2 rings (SSSR count). The molecule has 0 saturated carbocycles. The van der Waals surface area contributed by atoms with E-state index in [1.165, 1.54) is 11.1 Å². The predicted octanol–water partition coefficient (Wildman–Crippen LogP) is 6.62. The lowest BCUT2D eigenvalue weighted by atomic mass is 9.97. The molecule has 0 aliphatic rings. The Kier molecular flexibility index (Phi) is 10.0. The number of benzene rings is 2. The van der Waals surface area contributed by atoms with Gasteiger partial charge in [0.15, 0.2) is 5.78 Å². The number of ether oxygens (including phenoxy) is 1. The molecule has 1 N–H and O–H groups in total. The molecular formula is C28H38O5. The Hall–Kier alpha value is -2.95. The number of carboxylic acids is 1. The first-order valence-corrected chi connectivity index (χ1v) is 11.3. The number of ketones is 1. The SMILES string of the molecule is Cc1cc(C(=O)CCCC(=O)OC(C)(C)C)cc(C)c1C.Cc1cc(C(=O)O)cc(C)c1C. The molecule has 0 amide bonds. The van der Waals surface area contributed by atoms with E-state index in [4.69, 9.17) is 9.84 Å². The number of rotatable bonds is 6. The minimum Gasteiger partial charge on any atom is -0.478 e. The number of aryl methyl sites for hydroxylation is 4. The summed E-state index contributed by atoms with van der Waals surface area (Å²) in [6, 6.07) is 7.26. The van der Waals surface area contributed by atoms with Crippen LogP contribution in [0.2, 0.25) is 0 Å². The van der Waals surface area contributed by atoms with Gasteiger partial charge in [0.2, 0.25) is 0 Å². The van der Waals surface area contributed by atoms with Gasteiger partial charge in [-0.15, -0.1) is 0 Å². The number of carbonyl (C=O) groups is 3. The highest BCUT2D eigenvalue weighted by molar-refractivity contribution is 5.96. The molecule has 0 aliphatic heterocycles. The summed E-state index contributed by atoms with van der Waals surface area (Å²) < 4.78 is 5.23. The fourth-order valence-electron chi connectivity index (χ4n) is 3.29. The van der Waals surface area contributed by atoms with E-state index in [0.717, 1.165) is 27.8 Å². The molecule has 2 aromatic carbocycles. The first-order valence-electron chi connectivity index (χ1n) is 11.3. The van der Waals surface area contributed by atoms with Crippen LogP contribution in [0.15, 0.2) is 24.3 Å². The van der Waals surface area contributed by atoms with Crippen LogP contribution < -0.4 is 0 Å². The Morgan fingerprint density at radius 1 is 0.727 bits per heavy atom. The zero-order valence-electron chi connectivity index (χ0n) is 21.5. The van der Waals surface area contributed by atoms with E-state index in [1.54, 1.807) is 12.1 Å². The smallest absolute Gasteiger partial charge is 0.335 e. The molecule has 2 aromatic rings. The second-order valence-electron chi connectivity index (χ2n) is 9.64. The highest BCUT2D eigenvalue weighted by atomic mass is 16.6. The molecule has 5 nitrogen and oxygen atoms in total. The van der Waals surface area contributed by atoms with Gasteiger partial charge in [0.25, 0.3) is 0 Å². The highest BCUT2D eigenvalue weighted by Crippen LogP contribution is 2.18. The third-order valence-corrected chi connectivity index (χ3v) is 5.63. The Bertz CT molecular complexity index is 979. The van der Waals surface area contributed by atoms with Crippen LogP contribution in [0.25, 0.3) is 0 Å². The zero-order chi connectivity index (χ0) is 25.5. The fourth-order valence-corrected chi connectivity index (χ4v) is 3.29. The van der Waals surface area contributed by atoms with Gasteiger partial charge in [0.1, 0.15) is 5.60 Å². The van der Waals surface area contributed by atoms with Gasteiger partial charge < -0.3 is 9.84 Å². The summed E-state index contributed by atoms with van der Waals surface area (Å²) in [5, 5.41) is 8.72. The molecule has 0 aromatic heterocycles. The molecule has 0 aliphatic carbocycles. The topological polar surface area (TPSA) is 80.7 Å². The molecular weight excluding hydrogens is 416 g/mol. The Balaban J connectivity index is 0.000000383. The summed E-state index contributed by atoms with van der Waals surface area (Å²) in [5.41, 5.74) is 7.36. The lowest BCUT2D eigenvalue weighted by Crippen LogP contribution is -2.23. The second kappa shape index (κ2) is 11.8. The summed E-state index contributed by atoms with van der Waals surface area (Å²) in [5.74, 6) is -1.02. The molecule has 0 spiro atoms. The quantitative estimate of drug-likeness (QED) is 0.392. The molecule has 0 unspecified atom stereocenters. The third-order valence-electron chi connectivity index (χ3n) is 5.63. The van der Waals surface area contributed by atoms with Crippen LogP contribution in [0, 0.1) is 41.5 Å². The predicted molar refractivity (Wildman–Crippen MR) is 132 cm³/mol. The van der Waals surface area contributed by atoms with Crippen LogP contribution in [0.5, 0.6) is 0 Å². The van der Waals surface area contributed by atoms with E-state index in [1.807, 2.05) is 67.5 Å². The maximum absolute atomic E-state index is 12.2. The highest BCUT2D eigenvalue weighted by Gasteiger charge is 2.16. The van der Waals surface area contributed by atoms with Crippen molar-refractivity contribution in [1.82, 2.24) is 0 Å². The number of esters is 1. The standard InChI is InChI=1S/C18H26O3.C10H12O2/c1-12-10-15(11-13(2)14(12)3)16(19)8-7-9-17(20)21-18(4,5)6;1-6-4-9(10(11)12)5-7(2)8(6)3/h10-11H,7-9H2,1-6H3;4-5H,1-3H3,(H,11,12). The summed E-state index contributed by atoms with van der Waals surface area (Å²) >= 11 is 0. The number of carboxylic acid groups (broad SMARTS) is 1. The first-order chi connectivity index (χ1) is 15.1. The van der Waals surface area contributed by atoms with Crippen molar-refractivity contribution in [2.75, 3.05) is 0 Å². The number of hydrogen-bond donors (Lipinski definition) is 1. The zero-order valence-corrected chi connectivity index (χ0v) is 21.5. The second-order valence-corrected chi connectivity index (χ2v) is 9.64. The lowest BCUT2D eigenvalue weighted by molar-refractivity contribution is -0.154. The van der Waals surface area contributed by atoms with Gasteiger partial charge >= 0.3 is 11.9 Å². The van der Waals surface area contributed by atoms with Crippen molar-refractivity contribution >= 4 is 17.7 Å². The lowest BCUT2D eigenvalue weighted by Gasteiger charge is -2.19. The number of aromatic carboxylic acids is 1. The Morgan fingerprint density at radius 2 is 1.12 bits per heavy atom. The first kappa shape index (κ1) is 28.1. The molecule has 0 heterocycles. The Morgan fingerprint density at radius 3 is 1.48 bits per heavy atom. The van der Waals surface area contributed by atoms with Crippen LogP contribution in [0.3, 0.4) is 0 Å². The molecule has 0 radical (unpaired) electrons. The van der Waals surface area contributed by atoms with Crippen molar-refractivity contribution in [2.24, 2.45) is 0 Å². The van der Waals surface area contributed by atoms with Crippen molar-refractivity contribution in [3.63, 3.8) is 0 Å². The van der Waals surface area contributed by atoms with Gasteiger partial charge in [-0.3, -0.25) is 9.59 Å². The van der Waals surface area contributed by atoms with Gasteiger partial charge in [-0.2, -0.15) is 0 Å². The minimum absolute atomic E-state index is 0.0877. The van der Waals surface area contributed by atoms with Crippen molar-refractivity contribution in [3.05, 3.63) is 68.8 Å². The number of carbonyl (C=O) groups excluding carboxylic acids is 2. The van der Waals surface area contributed by atoms with Crippen LogP contribution >= 0.6 is 0 Å². The molecule has 33 heavy (non-hydrogen) atoms. The van der Waals surface area contributed by atoms with Crippen molar-refractivity contribution in [3.8, 4) is 0 Å². The van der Waals surface area contributed by atoms with Gasteiger partial charge in [-0.05, 0) is 126 Å². The summed E-state index contributed by atoms with van der Waals surface area (Å²) in [6.45, 7) is 17.5. The number of hydrogen-bond acceptors (Lipinski definition) is 4. The normalized spacial score (nSPS) is 10.8. The van der Waals surface area contributed by atoms with Gasteiger partial charge in [0.05, 0.1) is 5.56 Å². The van der Waals surface area contributed by atoms with E-state index >= 15 is 0 Å². The average molecular weight is 455 g/mol. The molecule has 0 bridgehead atoms. The van der Waals surface area contributed by atoms with Crippen LogP contribution in [0.4, 0.5) is 0 Å². The third kappa shape index (κ3) is 9.21. The van der Waals surface area contributed by atoms with E-state index in [2.05, 4.69) is 6.92 Å². The van der Waals surface area contributed by atoms with Gasteiger partial charge in [0, 0.05) is 18.4 Å². The summed E-state index contributed by atoms with van der Waals surface area (Å²) in [7, 11) is 0. The van der Waals surface area contributed by atoms with E-state index in [0.29, 0.717) is 18.4 Å². The summed E-state index contributed by atoms with van der Waals surface area (Å²) in [6.07, 6.45) is 1.19. The maximum Gasteiger partial charge on any atom is 0.335 e. The molecule has 0 saturated heterocycles. The van der Waals surface area contributed by atoms with Crippen LogP contribution in [-0.4, -0.2) is 28.4 Å². The van der Waals surface area contributed by atoms with E-state index in [-0.39, 0.29) is 18.2 Å². The fraction of sp³-hybridized carbons (Fsp3) is 0.464. The van der Waals surface area contributed by atoms with Crippen LogP contribution in [-0.2, 0) is 9.53 Å². The molecule has 0 fully saturated rings. The maximum atomic E-state index is 12.2. The number of Topliss-reactive ketones (excluding diaryl/α,β-unsaturated/α-hetero) is 1. The van der Waals surface area contributed by atoms with Gasteiger partial charge in [-0.25, -0.2) is 4.79 Å². The van der Waals surface area contributed by atoms with Crippen molar-refractivity contribution in [2.45, 2.75) is 87.2 Å². The molecule has 0 atom stereocenters. The Labute approximate surface area is 198 Å². The monoisotopic (exact) mass is 454 g/mol. The van der Waals surface area contributed by atoms with E-state index < -0.39 is 11.6 Å². The van der Waals surface area contributed by atoms with E-state index in [9.17, 15) is 14.4 Å². The minimum atomic E-state index is -0.860.